The Kier molecular flexibility index (Phi) is 7.86. The highest BCUT2D eigenvalue weighted by atomic mass is 15.0. The fourth-order valence-corrected chi connectivity index (χ4v) is 11.8. The molecule has 0 saturated heterocycles. The first-order valence-corrected chi connectivity index (χ1v) is 23.3. The van der Waals surface area contributed by atoms with E-state index in [-0.39, 0.29) is 5.41 Å². The third-order valence-electron chi connectivity index (χ3n) is 14.9. The van der Waals surface area contributed by atoms with Crippen LogP contribution in [0, 0.1) is 0 Å². The zero-order valence-corrected chi connectivity index (χ0v) is 37.0. The van der Waals surface area contributed by atoms with Crippen LogP contribution in [0.15, 0.2) is 206 Å². The molecule has 0 N–H and O–H groups in total. The predicted octanol–water partition coefficient (Wildman–Crippen LogP) is 16.4. The summed E-state index contributed by atoms with van der Waals surface area (Å²) in [4.78, 5) is 0. The van der Waals surface area contributed by atoms with Crippen molar-refractivity contribution in [1.29, 1.82) is 0 Å². The lowest BCUT2D eigenvalue weighted by Gasteiger charge is -2.23. The molecule has 3 aromatic heterocycles. The first-order chi connectivity index (χ1) is 32.5. The maximum Gasteiger partial charge on any atom is 0.0541 e. The molecule has 0 bridgehead atoms. The van der Waals surface area contributed by atoms with Crippen molar-refractivity contribution < 1.29 is 0 Å². The molecule has 0 atom stereocenters. The van der Waals surface area contributed by atoms with Gasteiger partial charge in [0.1, 0.15) is 0 Å². The van der Waals surface area contributed by atoms with Crippen LogP contribution in [0.25, 0.3) is 111 Å². The van der Waals surface area contributed by atoms with Crippen LogP contribution in [-0.4, -0.2) is 13.7 Å². The molecule has 66 heavy (non-hydrogen) atoms. The number of fused-ring (bicyclic) bond motifs is 12. The Hall–Kier alpha value is -8.14. The monoisotopic (exact) mass is 843 g/mol. The molecule has 3 heterocycles. The Morgan fingerprint density at radius 3 is 1.44 bits per heavy atom. The van der Waals surface area contributed by atoms with Gasteiger partial charge in [0.25, 0.3) is 0 Å². The van der Waals surface area contributed by atoms with Crippen molar-refractivity contribution in [3.05, 3.63) is 229 Å². The van der Waals surface area contributed by atoms with Gasteiger partial charge in [-0.25, -0.2) is 0 Å². The maximum atomic E-state index is 2.48. The average molecular weight is 844 g/mol. The molecule has 14 rings (SSSR count). The van der Waals surface area contributed by atoms with Crippen molar-refractivity contribution in [3.63, 3.8) is 0 Å². The minimum Gasteiger partial charge on any atom is -0.313 e. The average Bonchev–Trinajstić information content (AvgIpc) is 4.07. The second-order valence-electron chi connectivity index (χ2n) is 18.8. The Balaban J connectivity index is 0.850. The zero-order chi connectivity index (χ0) is 43.7. The molecule has 12 aromatic rings. The van der Waals surface area contributed by atoms with Crippen LogP contribution in [-0.2, 0) is 11.8 Å². The lowest BCUT2D eigenvalue weighted by atomic mass is 9.81. The summed E-state index contributed by atoms with van der Waals surface area (Å²) in [5, 5.41) is 6.39. The van der Waals surface area contributed by atoms with Gasteiger partial charge in [-0.15, -0.1) is 0 Å². The molecule has 312 valence electrons. The van der Waals surface area contributed by atoms with E-state index in [0.29, 0.717) is 0 Å². The van der Waals surface area contributed by atoms with Crippen molar-refractivity contribution >= 4 is 60.6 Å². The van der Waals surface area contributed by atoms with Crippen LogP contribution < -0.4 is 0 Å². The van der Waals surface area contributed by atoms with Crippen molar-refractivity contribution in [3.8, 4) is 50.4 Å². The van der Waals surface area contributed by atoms with E-state index in [9.17, 15) is 0 Å². The van der Waals surface area contributed by atoms with Crippen LogP contribution in [0.3, 0.4) is 0 Å². The number of hydrogen-bond acceptors (Lipinski definition) is 0. The summed E-state index contributed by atoms with van der Waals surface area (Å²) in [5.41, 5.74) is 22.6. The fourth-order valence-electron chi connectivity index (χ4n) is 11.8. The van der Waals surface area contributed by atoms with Gasteiger partial charge in [0.2, 0.25) is 0 Å². The summed E-state index contributed by atoms with van der Waals surface area (Å²) in [6, 6.07) is 74.6. The van der Waals surface area contributed by atoms with E-state index in [2.05, 4.69) is 240 Å². The van der Waals surface area contributed by atoms with Crippen LogP contribution in [0.5, 0.6) is 0 Å². The van der Waals surface area contributed by atoms with Gasteiger partial charge in [0, 0.05) is 60.7 Å². The number of nitrogens with zero attached hydrogens (tertiary/aromatic N) is 3. The van der Waals surface area contributed by atoms with Gasteiger partial charge in [0.05, 0.1) is 27.6 Å². The molecule has 0 fully saturated rings. The molecule has 2 aliphatic rings. The summed E-state index contributed by atoms with van der Waals surface area (Å²) >= 11 is 0. The van der Waals surface area contributed by atoms with Crippen molar-refractivity contribution in [2.24, 2.45) is 0 Å². The van der Waals surface area contributed by atoms with E-state index < -0.39 is 0 Å². The lowest BCUT2D eigenvalue weighted by molar-refractivity contribution is 0.660. The molecule has 0 amide bonds. The van der Waals surface area contributed by atoms with Gasteiger partial charge in [-0.2, -0.15) is 0 Å². The fraction of sp³-hybridized carbons (Fsp3) is 0.0794. The van der Waals surface area contributed by atoms with Gasteiger partial charge in [0.15, 0.2) is 0 Å². The van der Waals surface area contributed by atoms with Crippen molar-refractivity contribution in [2.45, 2.75) is 32.1 Å². The third kappa shape index (κ3) is 5.31. The largest absolute Gasteiger partial charge is 0.313 e. The van der Waals surface area contributed by atoms with Gasteiger partial charge in [-0.05, 0) is 148 Å². The highest BCUT2D eigenvalue weighted by Crippen LogP contribution is 2.51. The topological polar surface area (TPSA) is 14.8 Å². The van der Waals surface area contributed by atoms with Crippen LogP contribution in [0.2, 0.25) is 0 Å². The normalized spacial score (nSPS) is 13.8. The molecule has 0 spiro atoms. The molecular formula is C63H45N3. The number of rotatable bonds is 5. The Bertz CT molecular complexity index is 4000. The van der Waals surface area contributed by atoms with E-state index in [4.69, 9.17) is 0 Å². The quantitative estimate of drug-likeness (QED) is 0.164. The van der Waals surface area contributed by atoms with Gasteiger partial charge >= 0.3 is 0 Å². The molecular weight excluding hydrogens is 799 g/mol. The van der Waals surface area contributed by atoms with Crippen molar-refractivity contribution in [1.82, 2.24) is 13.7 Å². The molecule has 2 aliphatic carbocycles. The molecule has 3 nitrogen and oxygen atoms in total. The van der Waals surface area contributed by atoms with E-state index in [1.807, 2.05) is 0 Å². The molecule has 9 aromatic carbocycles. The second-order valence-corrected chi connectivity index (χ2v) is 18.8. The summed E-state index contributed by atoms with van der Waals surface area (Å²) in [5.74, 6) is 0. The number of para-hydroxylation sites is 4. The van der Waals surface area contributed by atoms with Crippen LogP contribution >= 0.6 is 0 Å². The standard InChI is InChI=1S/C63H45N3/c1-63(2)55-38-43(42-28-33-61-53(37-42)50-20-10-13-23-58(50)65(61)45-17-7-4-8-18-45)25-30-47(55)48-31-29-46(39-56(48)63)66-59-24-14-11-21-51(59)54-36-41(27-34-62(54)66)40-26-32-60-52(35-40)49-19-9-12-22-57(49)64(60)44-15-5-3-6-16-44/h3-11,13-21,23-39H,12,22H2,1-2H3. The Morgan fingerprint density at radius 1 is 0.364 bits per heavy atom. The molecule has 0 radical (unpaired) electrons. The number of aromatic nitrogens is 3. The number of allylic oxidation sites excluding steroid dienone is 1. The van der Waals surface area contributed by atoms with E-state index in [1.165, 1.54) is 127 Å². The zero-order valence-electron chi connectivity index (χ0n) is 37.0. The smallest absolute Gasteiger partial charge is 0.0541 e. The van der Waals surface area contributed by atoms with Crippen LogP contribution in [0.1, 0.15) is 42.7 Å². The van der Waals surface area contributed by atoms with Gasteiger partial charge in [-0.1, -0.05) is 135 Å². The van der Waals surface area contributed by atoms with E-state index in [1.54, 1.807) is 0 Å². The van der Waals surface area contributed by atoms with Gasteiger partial charge < -0.3 is 13.7 Å². The minimum atomic E-state index is -0.192. The summed E-state index contributed by atoms with van der Waals surface area (Å²) in [6.45, 7) is 4.80. The molecule has 3 heteroatoms. The summed E-state index contributed by atoms with van der Waals surface area (Å²) in [7, 11) is 0. The maximum absolute atomic E-state index is 2.48. The van der Waals surface area contributed by atoms with Gasteiger partial charge in [-0.3, -0.25) is 0 Å². The lowest BCUT2D eigenvalue weighted by Crippen LogP contribution is -2.15. The summed E-state index contributed by atoms with van der Waals surface area (Å²) in [6.07, 6.45) is 6.78. The summed E-state index contributed by atoms with van der Waals surface area (Å²) < 4.78 is 7.33. The number of hydrogen-bond donors (Lipinski definition) is 0. The van der Waals surface area contributed by atoms with Crippen molar-refractivity contribution in [2.75, 3.05) is 0 Å². The highest BCUT2D eigenvalue weighted by Gasteiger charge is 2.36. The number of benzene rings is 9. The van der Waals surface area contributed by atoms with Crippen LogP contribution in [0.4, 0.5) is 0 Å². The Labute approximate surface area is 383 Å². The third-order valence-corrected chi connectivity index (χ3v) is 14.9. The van der Waals surface area contributed by atoms with E-state index in [0.717, 1.165) is 12.8 Å². The Morgan fingerprint density at radius 2 is 0.818 bits per heavy atom. The highest BCUT2D eigenvalue weighted by molar-refractivity contribution is 6.12. The SMILES string of the molecule is CC1(C)c2cc(-c3ccc4c(c3)c3ccccc3n4-c3ccccc3)ccc2-c2ccc(-n3c4ccccc4c4cc(-c5ccc6c(c5)c5c(n6-c6ccccc6)CCC=C5)ccc43)cc21. The molecule has 0 aliphatic heterocycles. The minimum absolute atomic E-state index is 0.192. The van der Waals surface area contributed by atoms with E-state index >= 15 is 0 Å². The molecule has 0 unspecified atom stereocenters. The second kappa shape index (κ2) is 13.9. The first-order valence-electron chi connectivity index (χ1n) is 23.3. The first kappa shape index (κ1) is 37.3. The predicted molar refractivity (Wildman–Crippen MR) is 278 cm³/mol. The molecule has 0 saturated carbocycles.